The van der Waals surface area contributed by atoms with Crippen molar-refractivity contribution in [1.29, 1.82) is 0 Å². The molecule has 3 N–H and O–H groups in total. The molecule has 0 bridgehead atoms. The molecule has 1 aliphatic heterocycles. The monoisotopic (exact) mass is 280 g/mol. The number of hydrogen-bond donors (Lipinski definition) is 3. The van der Waals surface area contributed by atoms with Crippen LogP contribution in [0.4, 0.5) is 0 Å². The minimum absolute atomic E-state index is 0.0253. The van der Waals surface area contributed by atoms with Gasteiger partial charge in [0.2, 0.25) is 5.91 Å². The Balaban J connectivity index is 1.71. The smallest absolute Gasteiger partial charge is 0.273 e. The van der Waals surface area contributed by atoms with Crippen molar-refractivity contribution in [3.63, 3.8) is 0 Å². The number of nitrogens with one attached hydrogen (secondary N) is 3. The molecule has 1 fully saturated rings. The largest absolute Gasteiger partial charge is 0.354 e. The molecule has 2 rings (SSSR count). The topological polar surface area (TPSA) is 101 Å². The Bertz CT molecular complexity index is 480. The van der Waals surface area contributed by atoms with Gasteiger partial charge in [-0.05, 0) is 0 Å². The fraction of sp³-hybridized carbons (Fsp3) is 0.667. The van der Waals surface area contributed by atoms with E-state index in [-0.39, 0.29) is 23.8 Å². The van der Waals surface area contributed by atoms with Crippen LogP contribution in [0.25, 0.3) is 0 Å². The number of aromatic nitrogens is 3. The maximum Gasteiger partial charge on any atom is 0.273 e. The van der Waals surface area contributed by atoms with Gasteiger partial charge in [0.15, 0.2) is 5.69 Å². The zero-order chi connectivity index (χ0) is 14.5. The molecule has 1 aromatic heterocycles. The van der Waals surface area contributed by atoms with Gasteiger partial charge in [-0.15, -0.1) is 5.10 Å². The Morgan fingerprint density at radius 2 is 2.10 bits per heavy atom. The van der Waals surface area contributed by atoms with Gasteiger partial charge in [-0.1, -0.05) is 19.1 Å². The van der Waals surface area contributed by atoms with Gasteiger partial charge in [0.05, 0.1) is 12.2 Å². The van der Waals surface area contributed by atoms with Crippen LogP contribution in [0.15, 0.2) is 6.20 Å². The van der Waals surface area contributed by atoms with E-state index < -0.39 is 0 Å². The van der Waals surface area contributed by atoms with Crippen LogP contribution in [0.1, 0.15) is 30.4 Å². The number of hydrogen-bond acceptors (Lipinski definition) is 5. The predicted molar refractivity (Wildman–Crippen MR) is 72.1 cm³/mol. The lowest BCUT2D eigenvalue weighted by Gasteiger charge is -2.26. The van der Waals surface area contributed by atoms with Crippen LogP contribution in [-0.2, 0) is 4.79 Å². The number of rotatable bonds is 6. The number of nitrogens with zero attached hydrogens (tertiary/aromatic N) is 3. The molecule has 8 nitrogen and oxygen atoms in total. The van der Waals surface area contributed by atoms with Gasteiger partial charge in [0.1, 0.15) is 0 Å². The summed E-state index contributed by atoms with van der Waals surface area (Å²) in [6.07, 6.45) is 1.65. The third kappa shape index (κ3) is 3.53. The van der Waals surface area contributed by atoms with Crippen molar-refractivity contribution in [2.75, 3.05) is 26.2 Å². The highest BCUT2D eigenvalue weighted by Crippen LogP contribution is 2.09. The van der Waals surface area contributed by atoms with E-state index in [2.05, 4.69) is 26.3 Å². The lowest BCUT2D eigenvalue weighted by atomic mass is 10.2. The van der Waals surface area contributed by atoms with E-state index in [4.69, 9.17) is 0 Å². The third-order valence-corrected chi connectivity index (χ3v) is 3.11. The lowest BCUT2D eigenvalue weighted by Crippen LogP contribution is -2.43. The maximum absolute atomic E-state index is 11.8. The average molecular weight is 280 g/mol. The lowest BCUT2D eigenvalue weighted by molar-refractivity contribution is -0.123. The van der Waals surface area contributed by atoms with Gasteiger partial charge in [-0.2, -0.15) is 0 Å². The van der Waals surface area contributed by atoms with Gasteiger partial charge in [-0.3, -0.25) is 9.59 Å². The number of amides is 2. The SMILES string of the molecule is CC(C)C(=O)NCCNC(=O)c1cn(C2CNC2)nn1. The quantitative estimate of drug-likeness (QED) is 0.576. The molecule has 110 valence electrons. The van der Waals surface area contributed by atoms with Gasteiger partial charge in [0.25, 0.3) is 5.91 Å². The highest BCUT2D eigenvalue weighted by molar-refractivity contribution is 5.91. The first kappa shape index (κ1) is 14.4. The Labute approximate surface area is 117 Å². The van der Waals surface area contributed by atoms with Crippen molar-refractivity contribution < 1.29 is 9.59 Å². The first-order valence-electron chi connectivity index (χ1n) is 6.76. The van der Waals surface area contributed by atoms with E-state index in [1.165, 1.54) is 0 Å². The Kier molecular flexibility index (Phi) is 4.67. The van der Waals surface area contributed by atoms with E-state index in [0.29, 0.717) is 18.8 Å². The minimum atomic E-state index is -0.276. The number of carbonyl (C=O) groups is 2. The van der Waals surface area contributed by atoms with E-state index in [1.807, 2.05) is 13.8 Å². The molecule has 0 aliphatic carbocycles. The minimum Gasteiger partial charge on any atom is -0.354 e. The Morgan fingerprint density at radius 1 is 1.40 bits per heavy atom. The second-order valence-electron chi connectivity index (χ2n) is 5.10. The summed E-state index contributed by atoms with van der Waals surface area (Å²) >= 11 is 0. The summed E-state index contributed by atoms with van der Waals surface area (Å²) in [5.41, 5.74) is 0.298. The fourth-order valence-electron chi connectivity index (χ4n) is 1.68. The first-order valence-corrected chi connectivity index (χ1v) is 6.76. The van der Waals surface area contributed by atoms with E-state index >= 15 is 0 Å². The molecule has 2 amide bonds. The maximum atomic E-state index is 11.8. The highest BCUT2D eigenvalue weighted by atomic mass is 16.2. The van der Waals surface area contributed by atoms with Crippen molar-refractivity contribution in [1.82, 2.24) is 30.9 Å². The third-order valence-electron chi connectivity index (χ3n) is 3.11. The molecule has 0 spiro atoms. The van der Waals surface area contributed by atoms with Crippen molar-refractivity contribution in [2.24, 2.45) is 5.92 Å². The molecule has 0 radical (unpaired) electrons. The van der Waals surface area contributed by atoms with Crippen molar-refractivity contribution in [3.05, 3.63) is 11.9 Å². The van der Waals surface area contributed by atoms with Crippen molar-refractivity contribution >= 4 is 11.8 Å². The standard InChI is InChI=1S/C12H20N6O2/c1-8(2)11(19)14-3-4-15-12(20)10-7-18(17-16-10)9-5-13-6-9/h7-9,13H,3-6H2,1-2H3,(H,14,19)(H,15,20). The molecule has 0 aromatic carbocycles. The van der Waals surface area contributed by atoms with E-state index in [1.54, 1.807) is 10.9 Å². The molecule has 0 saturated carbocycles. The van der Waals surface area contributed by atoms with Gasteiger partial charge in [-0.25, -0.2) is 4.68 Å². The summed E-state index contributed by atoms with van der Waals surface area (Å²) in [6, 6.07) is 0.286. The summed E-state index contributed by atoms with van der Waals surface area (Å²) in [4.78, 5) is 23.1. The number of carbonyl (C=O) groups excluding carboxylic acids is 2. The summed E-state index contributed by atoms with van der Waals surface area (Å²) in [5.74, 6) is -0.355. The predicted octanol–water partition coefficient (Wildman–Crippen LogP) is -1.08. The molecule has 2 heterocycles. The zero-order valence-electron chi connectivity index (χ0n) is 11.7. The van der Waals surface area contributed by atoms with Crippen LogP contribution in [0.5, 0.6) is 0 Å². The van der Waals surface area contributed by atoms with Crippen molar-refractivity contribution in [3.8, 4) is 0 Å². The van der Waals surface area contributed by atoms with Gasteiger partial charge >= 0.3 is 0 Å². The van der Waals surface area contributed by atoms with Crippen LogP contribution < -0.4 is 16.0 Å². The van der Waals surface area contributed by atoms with E-state index in [0.717, 1.165) is 13.1 Å². The molecule has 1 saturated heterocycles. The van der Waals surface area contributed by atoms with Crippen LogP contribution >= 0.6 is 0 Å². The fourth-order valence-corrected chi connectivity index (χ4v) is 1.68. The summed E-state index contributed by atoms with van der Waals surface area (Å²) in [7, 11) is 0. The van der Waals surface area contributed by atoms with E-state index in [9.17, 15) is 9.59 Å². The molecule has 0 unspecified atom stereocenters. The second kappa shape index (κ2) is 6.47. The molecule has 20 heavy (non-hydrogen) atoms. The summed E-state index contributed by atoms with van der Waals surface area (Å²) in [5, 5.41) is 16.3. The van der Waals surface area contributed by atoms with Gasteiger partial charge in [0, 0.05) is 32.1 Å². The normalized spacial score (nSPS) is 14.9. The summed E-state index contributed by atoms with van der Waals surface area (Å²) < 4.78 is 1.70. The van der Waals surface area contributed by atoms with Crippen LogP contribution in [-0.4, -0.2) is 53.0 Å². The van der Waals surface area contributed by atoms with Crippen LogP contribution in [0.3, 0.4) is 0 Å². The Morgan fingerprint density at radius 3 is 2.70 bits per heavy atom. The van der Waals surface area contributed by atoms with Crippen LogP contribution in [0, 0.1) is 5.92 Å². The van der Waals surface area contributed by atoms with Crippen molar-refractivity contribution in [2.45, 2.75) is 19.9 Å². The Hall–Kier alpha value is -1.96. The highest BCUT2D eigenvalue weighted by Gasteiger charge is 2.21. The molecule has 1 aliphatic rings. The zero-order valence-corrected chi connectivity index (χ0v) is 11.7. The first-order chi connectivity index (χ1) is 9.58. The molecule has 8 heteroatoms. The molecule has 1 aromatic rings. The van der Waals surface area contributed by atoms with Crippen LogP contribution in [0.2, 0.25) is 0 Å². The second-order valence-corrected chi connectivity index (χ2v) is 5.10. The average Bonchev–Trinajstić information content (AvgIpc) is 2.81. The molecular weight excluding hydrogens is 260 g/mol. The molecule has 0 atom stereocenters. The van der Waals surface area contributed by atoms with Gasteiger partial charge < -0.3 is 16.0 Å². The molecular formula is C12H20N6O2. The summed E-state index contributed by atoms with van der Waals surface area (Å²) in [6.45, 7) is 6.12.